The van der Waals surface area contributed by atoms with Crippen LogP contribution in [0, 0.1) is 0 Å². The van der Waals surface area contributed by atoms with Crippen molar-refractivity contribution >= 4 is 46.6 Å². The normalized spacial score (nSPS) is 11.0. The van der Waals surface area contributed by atoms with Crippen molar-refractivity contribution in [2.24, 2.45) is 0 Å². The summed E-state index contributed by atoms with van der Waals surface area (Å²) in [7, 11) is 0. The number of amides is 1. The Hall–Kier alpha value is -1.40. The van der Waals surface area contributed by atoms with Crippen LogP contribution in [0.2, 0.25) is 5.02 Å². The number of rotatable bonds is 5. The van der Waals surface area contributed by atoms with E-state index in [9.17, 15) is 9.59 Å². The van der Waals surface area contributed by atoms with E-state index in [2.05, 4.69) is 5.32 Å². The summed E-state index contributed by atoms with van der Waals surface area (Å²) in [5.41, 5.74) is 6.07. The monoisotopic (exact) mass is 330 g/mol. The Balaban J connectivity index is 2.36. The Bertz CT molecular complexity index is 529. The van der Waals surface area contributed by atoms with Gasteiger partial charge in [0.05, 0.1) is 22.2 Å². The second-order valence-corrected chi connectivity index (χ2v) is 6.76. The van der Waals surface area contributed by atoms with E-state index in [1.54, 1.807) is 39.0 Å². The van der Waals surface area contributed by atoms with Crippen LogP contribution in [0.5, 0.6) is 0 Å². The van der Waals surface area contributed by atoms with Gasteiger partial charge in [-0.05, 0) is 39.0 Å². The van der Waals surface area contributed by atoms with Gasteiger partial charge in [-0.1, -0.05) is 11.6 Å². The quantitative estimate of drug-likeness (QED) is 0.640. The van der Waals surface area contributed by atoms with Crippen LogP contribution >= 0.6 is 23.4 Å². The summed E-state index contributed by atoms with van der Waals surface area (Å²) in [6.45, 7) is 5.39. The lowest BCUT2D eigenvalue weighted by molar-refractivity contribution is -0.151. The number of carbonyl (C=O) groups is 2. The number of carbonyl (C=O) groups excluding carboxylic acids is 2. The second kappa shape index (κ2) is 7.56. The van der Waals surface area contributed by atoms with E-state index in [0.29, 0.717) is 16.4 Å². The van der Waals surface area contributed by atoms with Crippen molar-refractivity contribution in [1.29, 1.82) is 0 Å². The number of halogens is 1. The molecule has 5 nitrogen and oxygen atoms in total. The molecule has 116 valence electrons. The third-order valence-electron chi connectivity index (χ3n) is 2.14. The fourth-order valence-corrected chi connectivity index (χ4v) is 2.24. The average molecular weight is 331 g/mol. The minimum Gasteiger partial charge on any atom is -0.459 e. The molecule has 0 bridgehead atoms. The molecule has 1 amide bonds. The van der Waals surface area contributed by atoms with Gasteiger partial charge in [0.15, 0.2) is 0 Å². The summed E-state index contributed by atoms with van der Waals surface area (Å²) >= 11 is 7.14. The van der Waals surface area contributed by atoms with Crippen LogP contribution in [-0.4, -0.2) is 29.0 Å². The summed E-state index contributed by atoms with van der Waals surface area (Å²) in [5, 5.41) is 3.04. The van der Waals surface area contributed by atoms with Crippen LogP contribution < -0.4 is 11.1 Å². The van der Waals surface area contributed by atoms with Crippen molar-refractivity contribution in [3.8, 4) is 0 Å². The summed E-state index contributed by atoms with van der Waals surface area (Å²) in [6.07, 6.45) is 0. The lowest BCUT2D eigenvalue weighted by atomic mass is 10.2. The highest BCUT2D eigenvalue weighted by Crippen LogP contribution is 2.24. The highest BCUT2D eigenvalue weighted by Gasteiger charge is 2.16. The molecule has 3 N–H and O–H groups in total. The molecule has 0 aliphatic rings. The van der Waals surface area contributed by atoms with E-state index in [1.165, 1.54) is 11.8 Å². The number of anilines is 2. The molecule has 0 fully saturated rings. The molecule has 0 atom stereocenters. The van der Waals surface area contributed by atoms with Crippen LogP contribution in [0.1, 0.15) is 20.8 Å². The van der Waals surface area contributed by atoms with Crippen LogP contribution in [0.4, 0.5) is 11.4 Å². The van der Waals surface area contributed by atoms with Gasteiger partial charge in [-0.25, -0.2) is 0 Å². The van der Waals surface area contributed by atoms with Crippen molar-refractivity contribution in [3.05, 3.63) is 23.2 Å². The zero-order chi connectivity index (χ0) is 16.0. The molecule has 0 heterocycles. The molecule has 0 saturated carbocycles. The van der Waals surface area contributed by atoms with E-state index in [-0.39, 0.29) is 23.4 Å². The molecule has 1 aromatic carbocycles. The molecule has 0 aliphatic heterocycles. The van der Waals surface area contributed by atoms with E-state index in [4.69, 9.17) is 22.1 Å². The predicted molar refractivity (Wildman–Crippen MR) is 87.7 cm³/mol. The maximum absolute atomic E-state index is 11.7. The third-order valence-corrected chi connectivity index (χ3v) is 3.36. The van der Waals surface area contributed by atoms with Gasteiger partial charge in [-0.3, -0.25) is 9.59 Å². The van der Waals surface area contributed by atoms with Gasteiger partial charge in [0.1, 0.15) is 5.60 Å². The molecule has 1 aromatic rings. The van der Waals surface area contributed by atoms with Gasteiger partial charge < -0.3 is 15.8 Å². The molecule has 0 spiro atoms. The maximum Gasteiger partial charge on any atom is 0.316 e. The first-order chi connectivity index (χ1) is 9.67. The first kappa shape index (κ1) is 17.7. The van der Waals surface area contributed by atoms with E-state index < -0.39 is 5.60 Å². The number of ether oxygens (including phenoxy) is 1. The zero-order valence-electron chi connectivity index (χ0n) is 12.2. The molecular formula is C14H19ClN2O3S. The van der Waals surface area contributed by atoms with Crippen molar-refractivity contribution in [2.45, 2.75) is 26.4 Å². The third kappa shape index (κ3) is 7.24. The molecule has 0 aromatic heterocycles. The fraction of sp³-hybridized carbons (Fsp3) is 0.429. The van der Waals surface area contributed by atoms with Crippen LogP contribution in [0.15, 0.2) is 18.2 Å². The lowest BCUT2D eigenvalue weighted by Crippen LogP contribution is -2.25. The minimum absolute atomic E-state index is 0.125. The summed E-state index contributed by atoms with van der Waals surface area (Å²) in [6, 6.07) is 4.84. The predicted octanol–water partition coefficient (Wildman–Crippen LogP) is 2.94. The summed E-state index contributed by atoms with van der Waals surface area (Å²) < 4.78 is 5.14. The topological polar surface area (TPSA) is 81.4 Å². The standard InChI is InChI=1S/C14H19ClN2O3S/c1-14(2,3)20-13(19)8-21-7-12(18)17-11-5-4-9(16)6-10(11)15/h4-6H,7-8,16H2,1-3H3,(H,17,18). The van der Waals surface area contributed by atoms with Gasteiger partial charge >= 0.3 is 5.97 Å². The summed E-state index contributed by atoms with van der Waals surface area (Å²) in [4.78, 5) is 23.2. The number of thioether (sulfide) groups is 1. The van der Waals surface area contributed by atoms with Gasteiger partial charge in [-0.2, -0.15) is 0 Å². The Morgan fingerprint density at radius 1 is 1.33 bits per heavy atom. The average Bonchev–Trinajstić information content (AvgIpc) is 2.30. The Labute approximate surface area is 133 Å². The molecule has 0 radical (unpaired) electrons. The second-order valence-electron chi connectivity index (χ2n) is 5.37. The molecule has 1 rings (SSSR count). The van der Waals surface area contributed by atoms with Crippen LogP contribution in [-0.2, 0) is 14.3 Å². The molecular weight excluding hydrogens is 312 g/mol. The number of hydrogen-bond donors (Lipinski definition) is 2. The highest BCUT2D eigenvalue weighted by molar-refractivity contribution is 8.00. The van der Waals surface area contributed by atoms with E-state index >= 15 is 0 Å². The van der Waals surface area contributed by atoms with Gasteiger partial charge in [0.2, 0.25) is 5.91 Å². The first-order valence-corrected chi connectivity index (χ1v) is 7.85. The smallest absolute Gasteiger partial charge is 0.316 e. The van der Waals surface area contributed by atoms with Crippen molar-refractivity contribution in [1.82, 2.24) is 0 Å². The van der Waals surface area contributed by atoms with E-state index in [0.717, 1.165) is 0 Å². The molecule has 0 saturated heterocycles. The number of nitrogens with one attached hydrogen (secondary N) is 1. The van der Waals surface area contributed by atoms with Crippen molar-refractivity contribution < 1.29 is 14.3 Å². The van der Waals surface area contributed by atoms with Gasteiger partial charge in [0.25, 0.3) is 0 Å². The fourth-order valence-electron chi connectivity index (χ4n) is 1.42. The van der Waals surface area contributed by atoms with E-state index in [1.807, 2.05) is 0 Å². The van der Waals surface area contributed by atoms with Crippen LogP contribution in [0.3, 0.4) is 0 Å². The minimum atomic E-state index is -0.516. The van der Waals surface area contributed by atoms with Crippen molar-refractivity contribution in [3.63, 3.8) is 0 Å². The van der Waals surface area contributed by atoms with Gasteiger partial charge in [-0.15, -0.1) is 11.8 Å². The SMILES string of the molecule is CC(C)(C)OC(=O)CSCC(=O)Nc1ccc(N)cc1Cl. The zero-order valence-corrected chi connectivity index (χ0v) is 13.8. The number of hydrogen-bond acceptors (Lipinski definition) is 5. The highest BCUT2D eigenvalue weighted by atomic mass is 35.5. The molecule has 7 heteroatoms. The largest absolute Gasteiger partial charge is 0.459 e. The number of benzene rings is 1. The first-order valence-electron chi connectivity index (χ1n) is 6.32. The molecule has 0 aliphatic carbocycles. The number of nitrogen functional groups attached to an aromatic ring is 1. The number of nitrogens with two attached hydrogens (primary N) is 1. The van der Waals surface area contributed by atoms with Crippen LogP contribution in [0.25, 0.3) is 0 Å². The lowest BCUT2D eigenvalue weighted by Gasteiger charge is -2.19. The Morgan fingerprint density at radius 2 is 2.00 bits per heavy atom. The van der Waals surface area contributed by atoms with Gasteiger partial charge in [0, 0.05) is 5.69 Å². The van der Waals surface area contributed by atoms with Crippen molar-refractivity contribution in [2.75, 3.05) is 22.6 Å². The number of esters is 1. The molecule has 0 unspecified atom stereocenters. The Kier molecular flexibility index (Phi) is 6.36. The maximum atomic E-state index is 11.7. The Morgan fingerprint density at radius 3 is 2.57 bits per heavy atom. The molecule has 21 heavy (non-hydrogen) atoms. The summed E-state index contributed by atoms with van der Waals surface area (Å²) in [5.74, 6) is -0.318.